The van der Waals surface area contributed by atoms with Crippen LogP contribution >= 0.6 is 0 Å². The van der Waals surface area contributed by atoms with E-state index in [1.807, 2.05) is 41.3 Å². The van der Waals surface area contributed by atoms with Crippen molar-refractivity contribution in [2.45, 2.75) is 12.8 Å². The Morgan fingerprint density at radius 1 is 1.00 bits per heavy atom. The van der Waals surface area contributed by atoms with Crippen LogP contribution in [0.25, 0.3) is 11.4 Å². The highest BCUT2D eigenvalue weighted by Gasteiger charge is 2.25. The predicted molar refractivity (Wildman–Crippen MR) is 112 cm³/mol. The molecular formula is C23H24N4O3. The van der Waals surface area contributed by atoms with Crippen LogP contribution in [0, 0.1) is 0 Å². The molecular weight excluding hydrogens is 380 g/mol. The number of carbonyl (C=O) groups is 1. The summed E-state index contributed by atoms with van der Waals surface area (Å²) in [6, 6.07) is 15.2. The Balaban J connectivity index is 1.62. The van der Waals surface area contributed by atoms with Crippen molar-refractivity contribution in [1.82, 2.24) is 19.9 Å². The summed E-state index contributed by atoms with van der Waals surface area (Å²) in [4.78, 5) is 28.4. The van der Waals surface area contributed by atoms with Crippen molar-refractivity contribution >= 4 is 5.91 Å². The standard InChI is InChI=1S/C23H24N4O3/c1-29-15-16-30-22-18-10-13-27(23(28)20-9-5-6-12-24-20)14-11-19(18)25-21(26-22)17-7-3-2-4-8-17/h2-9,12H,10-11,13-16H2,1H3. The third-order valence-corrected chi connectivity index (χ3v) is 5.03. The summed E-state index contributed by atoms with van der Waals surface area (Å²) in [7, 11) is 1.64. The number of pyridine rings is 1. The highest BCUT2D eigenvalue weighted by Crippen LogP contribution is 2.27. The Bertz CT molecular complexity index is 996. The van der Waals surface area contributed by atoms with Gasteiger partial charge in [-0.25, -0.2) is 4.98 Å². The maximum absolute atomic E-state index is 12.9. The van der Waals surface area contributed by atoms with Crippen LogP contribution in [0.2, 0.25) is 0 Å². The van der Waals surface area contributed by atoms with Gasteiger partial charge in [0.05, 0.1) is 12.3 Å². The SMILES string of the molecule is COCCOc1nc(-c2ccccc2)nc2c1CCN(C(=O)c1ccccn1)CC2. The number of benzene rings is 1. The molecule has 30 heavy (non-hydrogen) atoms. The van der Waals surface area contributed by atoms with Gasteiger partial charge in [-0.2, -0.15) is 4.98 Å². The van der Waals surface area contributed by atoms with Gasteiger partial charge in [-0.15, -0.1) is 0 Å². The van der Waals surface area contributed by atoms with Crippen molar-refractivity contribution < 1.29 is 14.3 Å². The molecule has 1 aromatic carbocycles. The molecule has 0 bridgehead atoms. The molecule has 0 fully saturated rings. The molecule has 0 saturated carbocycles. The Kier molecular flexibility index (Phi) is 6.29. The maximum Gasteiger partial charge on any atom is 0.272 e. The van der Waals surface area contributed by atoms with Crippen molar-refractivity contribution in [1.29, 1.82) is 0 Å². The molecule has 7 nitrogen and oxygen atoms in total. The number of nitrogens with zero attached hydrogens (tertiary/aromatic N) is 4. The summed E-state index contributed by atoms with van der Waals surface area (Å²) >= 11 is 0. The first kappa shape index (κ1) is 20.0. The third kappa shape index (κ3) is 4.46. The van der Waals surface area contributed by atoms with Gasteiger partial charge in [0.25, 0.3) is 5.91 Å². The Labute approximate surface area is 175 Å². The lowest BCUT2D eigenvalue weighted by Gasteiger charge is -2.19. The van der Waals surface area contributed by atoms with Crippen molar-refractivity contribution in [3.8, 4) is 17.3 Å². The van der Waals surface area contributed by atoms with Crippen molar-refractivity contribution in [2.24, 2.45) is 0 Å². The number of ether oxygens (including phenoxy) is 2. The van der Waals surface area contributed by atoms with E-state index in [4.69, 9.17) is 19.4 Å². The minimum absolute atomic E-state index is 0.0681. The van der Waals surface area contributed by atoms with E-state index in [9.17, 15) is 4.79 Å². The second-order valence-electron chi connectivity index (χ2n) is 6.99. The average Bonchev–Trinajstić information content (AvgIpc) is 3.03. The van der Waals surface area contributed by atoms with Crippen LogP contribution in [0.4, 0.5) is 0 Å². The van der Waals surface area contributed by atoms with Crippen LogP contribution in [0.3, 0.4) is 0 Å². The summed E-state index contributed by atoms with van der Waals surface area (Å²) in [6.45, 7) is 2.02. The predicted octanol–water partition coefficient (Wildman–Crippen LogP) is 2.80. The molecule has 3 heterocycles. The fraction of sp³-hybridized carbons (Fsp3) is 0.304. The zero-order valence-electron chi connectivity index (χ0n) is 17.0. The number of amides is 1. The summed E-state index contributed by atoms with van der Waals surface area (Å²) in [6.07, 6.45) is 2.90. The van der Waals surface area contributed by atoms with Gasteiger partial charge in [-0.3, -0.25) is 9.78 Å². The quantitative estimate of drug-likeness (QED) is 0.588. The van der Waals surface area contributed by atoms with Crippen LogP contribution in [0.15, 0.2) is 54.7 Å². The van der Waals surface area contributed by atoms with E-state index in [-0.39, 0.29) is 5.91 Å². The number of rotatable bonds is 6. The molecule has 0 radical (unpaired) electrons. The Morgan fingerprint density at radius 2 is 1.80 bits per heavy atom. The highest BCUT2D eigenvalue weighted by molar-refractivity contribution is 5.92. The van der Waals surface area contributed by atoms with Crippen molar-refractivity contribution in [3.05, 3.63) is 71.7 Å². The third-order valence-electron chi connectivity index (χ3n) is 5.03. The largest absolute Gasteiger partial charge is 0.475 e. The number of hydrogen-bond acceptors (Lipinski definition) is 6. The Hall–Kier alpha value is -3.32. The van der Waals surface area contributed by atoms with Crippen LogP contribution in [0.1, 0.15) is 21.7 Å². The topological polar surface area (TPSA) is 77.4 Å². The van der Waals surface area contributed by atoms with Crippen LogP contribution < -0.4 is 4.74 Å². The molecule has 7 heteroatoms. The minimum Gasteiger partial charge on any atom is -0.475 e. The van der Waals surface area contributed by atoms with Gasteiger partial charge < -0.3 is 14.4 Å². The molecule has 1 aliphatic heterocycles. The zero-order valence-corrected chi connectivity index (χ0v) is 17.0. The fourth-order valence-electron chi connectivity index (χ4n) is 3.48. The second-order valence-corrected chi connectivity index (χ2v) is 6.99. The van der Waals surface area contributed by atoms with E-state index in [2.05, 4.69) is 4.98 Å². The van der Waals surface area contributed by atoms with E-state index < -0.39 is 0 Å². The lowest BCUT2D eigenvalue weighted by molar-refractivity contribution is 0.0756. The summed E-state index contributed by atoms with van der Waals surface area (Å²) in [5.41, 5.74) is 3.27. The molecule has 4 rings (SSSR count). The molecule has 2 aromatic heterocycles. The minimum atomic E-state index is -0.0681. The van der Waals surface area contributed by atoms with Crippen molar-refractivity contribution in [3.63, 3.8) is 0 Å². The zero-order chi connectivity index (χ0) is 20.8. The molecule has 1 aliphatic rings. The van der Waals surface area contributed by atoms with E-state index in [1.54, 1.807) is 25.4 Å². The number of aromatic nitrogens is 3. The van der Waals surface area contributed by atoms with Gasteiger partial charge in [-0.1, -0.05) is 36.4 Å². The van der Waals surface area contributed by atoms with E-state index in [0.29, 0.717) is 56.5 Å². The van der Waals surface area contributed by atoms with Crippen LogP contribution in [0.5, 0.6) is 5.88 Å². The first-order valence-corrected chi connectivity index (χ1v) is 10.0. The lowest BCUT2D eigenvalue weighted by Crippen LogP contribution is -2.33. The number of fused-ring (bicyclic) bond motifs is 1. The molecule has 0 unspecified atom stereocenters. The van der Waals surface area contributed by atoms with Crippen LogP contribution in [-0.4, -0.2) is 59.2 Å². The fourth-order valence-corrected chi connectivity index (χ4v) is 3.48. The average molecular weight is 404 g/mol. The number of hydrogen-bond donors (Lipinski definition) is 0. The van der Waals surface area contributed by atoms with Gasteiger partial charge in [0, 0.05) is 43.9 Å². The summed E-state index contributed by atoms with van der Waals surface area (Å²) < 4.78 is 11.1. The molecule has 3 aromatic rings. The van der Waals surface area contributed by atoms with Gasteiger partial charge in [-0.05, 0) is 18.6 Å². The molecule has 154 valence electrons. The van der Waals surface area contributed by atoms with E-state index in [1.165, 1.54) is 0 Å². The summed E-state index contributed by atoms with van der Waals surface area (Å²) in [5.74, 6) is 1.14. The molecule has 1 amide bonds. The monoisotopic (exact) mass is 404 g/mol. The molecule has 0 N–H and O–H groups in total. The lowest BCUT2D eigenvalue weighted by atomic mass is 10.1. The van der Waals surface area contributed by atoms with Crippen LogP contribution in [-0.2, 0) is 17.6 Å². The molecule has 0 aliphatic carbocycles. The maximum atomic E-state index is 12.9. The Morgan fingerprint density at radius 3 is 2.57 bits per heavy atom. The van der Waals surface area contributed by atoms with E-state index in [0.717, 1.165) is 16.8 Å². The van der Waals surface area contributed by atoms with Crippen molar-refractivity contribution in [2.75, 3.05) is 33.4 Å². The van der Waals surface area contributed by atoms with E-state index >= 15 is 0 Å². The first-order chi connectivity index (χ1) is 14.8. The summed E-state index contributed by atoms with van der Waals surface area (Å²) in [5, 5.41) is 0. The van der Waals surface area contributed by atoms with Gasteiger partial charge in [0.2, 0.25) is 5.88 Å². The normalized spacial score (nSPS) is 13.4. The first-order valence-electron chi connectivity index (χ1n) is 10.0. The molecule has 0 saturated heterocycles. The second kappa shape index (κ2) is 9.45. The smallest absolute Gasteiger partial charge is 0.272 e. The number of carbonyl (C=O) groups excluding carboxylic acids is 1. The molecule has 0 atom stereocenters. The van der Waals surface area contributed by atoms with Gasteiger partial charge >= 0.3 is 0 Å². The van der Waals surface area contributed by atoms with Gasteiger partial charge in [0.15, 0.2) is 5.82 Å². The number of methoxy groups -OCH3 is 1. The highest BCUT2D eigenvalue weighted by atomic mass is 16.5. The molecule has 0 spiro atoms. The van der Waals surface area contributed by atoms with Gasteiger partial charge in [0.1, 0.15) is 12.3 Å².